The molecule has 1 aromatic heterocycles. The Bertz CT molecular complexity index is 484. The molecule has 0 bridgehead atoms. The van der Waals surface area contributed by atoms with Gasteiger partial charge in [-0.15, -0.1) is 0 Å². The summed E-state index contributed by atoms with van der Waals surface area (Å²) in [5.74, 6) is -0.146. The lowest BCUT2D eigenvalue weighted by Crippen LogP contribution is -2.39. The maximum Gasteiger partial charge on any atom is 0.345 e. The molecule has 0 aliphatic rings. The third-order valence-electron chi connectivity index (χ3n) is 3.32. The lowest BCUT2D eigenvalue weighted by Gasteiger charge is -2.19. The molecule has 0 aliphatic carbocycles. The molecule has 19 heavy (non-hydrogen) atoms. The number of amides is 1. The number of hydrogen-bond donors (Lipinski definition) is 3. The monoisotopic (exact) mass is 267 g/mol. The van der Waals surface area contributed by atoms with Gasteiger partial charge in [0.05, 0.1) is 6.42 Å². The third kappa shape index (κ3) is 4.17. The minimum absolute atomic E-state index is 0.000140. The van der Waals surface area contributed by atoms with Crippen LogP contribution in [0.2, 0.25) is 0 Å². The van der Waals surface area contributed by atoms with Gasteiger partial charge in [-0.3, -0.25) is 4.79 Å². The first-order valence-corrected chi connectivity index (χ1v) is 6.31. The lowest BCUT2D eigenvalue weighted by atomic mass is 10.0. The van der Waals surface area contributed by atoms with Gasteiger partial charge in [-0.05, 0) is 26.7 Å². The normalized spacial score (nSPS) is 13.9. The first-order valence-electron chi connectivity index (χ1n) is 6.31. The summed E-state index contributed by atoms with van der Waals surface area (Å²) in [5, 5.41) is 11.9. The average molecular weight is 267 g/mol. The van der Waals surface area contributed by atoms with Crippen molar-refractivity contribution in [2.75, 3.05) is 6.61 Å². The van der Waals surface area contributed by atoms with Crippen LogP contribution in [-0.4, -0.2) is 33.6 Å². The maximum absolute atomic E-state index is 11.9. The number of rotatable bonds is 5. The van der Waals surface area contributed by atoms with E-state index in [0.29, 0.717) is 11.4 Å². The zero-order chi connectivity index (χ0) is 14.6. The largest absolute Gasteiger partial charge is 0.396 e. The number of aliphatic hydroxyl groups excluding tert-OH is 1. The van der Waals surface area contributed by atoms with Crippen LogP contribution in [-0.2, 0) is 11.2 Å². The van der Waals surface area contributed by atoms with E-state index in [2.05, 4.69) is 15.3 Å². The van der Waals surface area contributed by atoms with Gasteiger partial charge in [0.25, 0.3) is 0 Å². The van der Waals surface area contributed by atoms with Gasteiger partial charge in [-0.2, -0.15) is 4.98 Å². The van der Waals surface area contributed by atoms with Gasteiger partial charge >= 0.3 is 5.69 Å². The molecule has 3 N–H and O–H groups in total. The van der Waals surface area contributed by atoms with Gasteiger partial charge in [-0.1, -0.05) is 6.92 Å². The molecule has 1 rings (SSSR count). The molecule has 0 aromatic carbocycles. The van der Waals surface area contributed by atoms with Crippen LogP contribution < -0.4 is 11.0 Å². The number of aromatic amines is 1. The summed E-state index contributed by atoms with van der Waals surface area (Å²) in [6.45, 7) is 7.20. The van der Waals surface area contributed by atoms with Crippen LogP contribution in [0.15, 0.2) is 4.79 Å². The molecule has 0 saturated heterocycles. The number of aliphatic hydroxyl groups is 1. The Morgan fingerprint density at radius 2 is 2.05 bits per heavy atom. The third-order valence-corrected chi connectivity index (χ3v) is 3.32. The molecule has 0 spiro atoms. The van der Waals surface area contributed by atoms with Crippen molar-refractivity contribution in [2.24, 2.45) is 5.92 Å². The highest BCUT2D eigenvalue weighted by atomic mass is 16.3. The Kier molecular flexibility index (Phi) is 5.23. The predicted octanol–water partition coefficient (Wildman–Crippen LogP) is 0.0623. The smallest absolute Gasteiger partial charge is 0.345 e. The number of H-pyrrole nitrogens is 1. The number of nitrogens with zero attached hydrogens (tertiary/aromatic N) is 1. The summed E-state index contributed by atoms with van der Waals surface area (Å²) >= 11 is 0. The molecule has 2 atom stereocenters. The highest BCUT2D eigenvalue weighted by Crippen LogP contribution is 2.08. The van der Waals surface area contributed by atoms with Crippen LogP contribution in [0.25, 0.3) is 0 Å². The van der Waals surface area contributed by atoms with E-state index in [-0.39, 0.29) is 30.9 Å². The number of carbonyl (C=O) groups is 1. The first kappa shape index (κ1) is 15.4. The van der Waals surface area contributed by atoms with E-state index in [4.69, 9.17) is 5.11 Å². The fraction of sp³-hybridized carbons (Fsp3) is 0.615. The van der Waals surface area contributed by atoms with Gasteiger partial charge in [0, 0.05) is 29.6 Å². The Balaban J connectivity index is 2.75. The van der Waals surface area contributed by atoms with Crippen molar-refractivity contribution >= 4 is 5.91 Å². The summed E-state index contributed by atoms with van der Waals surface area (Å²) in [6, 6.07) is -0.103. The number of nitrogens with one attached hydrogen (secondary N) is 2. The van der Waals surface area contributed by atoms with Gasteiger partial charge in [0.1, 0.15) is 0 Å². The minimum Gasteiger partial charge on any atom is -0.396 e. The van der Waals surface area contributed by atoms with Gasteiger partial charge in [0.15, 0.2) is 0 Å². The summed E-state index contributed by atoms with van der Waals surface area (Å²) < 4.78 is 0. The summed E-state index contributed by atoms with van der Waals surface area (Å²) in [5.41, 5.74) is 1.57. The molecule has 1 amide bonds. The van der Waals surface area contributed by atoms with Crippen LogP contribution in [0.5, 0.6) is 0 Å². The Labute approximate surface area is 112 Å². The van der Waals surface area contributed by atoms with E-state index in [1.165, 1.54) is 0 Å². The predicted molar refractivity (Wildman–Crippen MR) is 71.9 cm³/mol. The van der Waals surface area contributed by atoms with Gasteiger partial charge in [0.2, 0.25) is 5.91 Å². The van der Waals surface area contributed by atoms with E-state index < -0.39 is 5.69 Å². The van der Waals surface area contributed by atoms with Crippen molar-refractivity contribution < 1.29 is 9.90 Å². The zero-order valence-corrected chi connectivity index (χ0v) is 11.8. The highest BCUT2D eigenvalue weighted by molar-refractivity contribution is 5.79. The number of aryl methyl sites for hydroxylation is 2. The molecule has 106 valence electrons. The maximum atomic E-state index is 11.9. The Morgan fingerprint density at radius 3 is 2.58 bits per heavy atom. The Morgan fingerprint density at radius 1 is 1.42 bits per heavy atom. The van der Waals surface area contributed by atoms with Crippen molar-refractivity contribution in [3.8, 4) is 0 Å². The molecular formula is C13H21N3O3. The van der Waals surface area contributed by atoms with E-state index in [1.807, 2.05) is 13.8 Å². The second-order valence-electron chi connectivity index (χ2n) is 4.92. The van der Waals surface area contributed by atoms with Crippen LogP contribution in [0.3, 0.4) is 0 Å². The van der Waals surface area contributed by atoms with E-state index in [1.54, 1.807) is 13.8 Å². The molecule has 6 heteroatoms. The quantitative estimate of drug-likeness (QED) is 0.703. The molecule has 2 unspecified atom stereocenters. The minimum atomic E-state index is -0.401. The number of hydrogen-bond acceptors (Lipinski definition) is 4. The lowest BCUT2D eigenvalue weighted by molar-refractivity contribution is -0.121. The van der Waals surface area contributed by atoms with Crippen molar-refractivity contribution in [1.82, 2.24) is 15.3 Å². The van der Waals surface area contributed by atoms with Crippen LogP contribution in [0.4, 0.5) is 0 Å². The molecule has 1 heterocycles. The van der Waals surface area contributed by atoms with Crippen molar-refractivity contribution in [3.63, 3.8) is 0 Å². The van der Waals surface area contributed by atoms with E-state index in [9.17, 15) is 9.59 Å². The SMILES string of the molecule is Cc1nc(=O)[nH]c(C)c1CC(=O)NC(C)C(C)CO. The fourth-order valence-electron chi connectivity index (χ4n) is 1.78. The summed E-state index contributed by atoms with van der Waals surface area (Å²) in [4.78, 5) is 29.5. The molecule has 0 aliphatic heterocycles. The van der Waals surface area contributed by atoms with E-state index >= 15 is 0 Å². The molecule has 0 radical (unpaired) electrons. The van der Waals surface area contributed by atoms with Gasteiger partial charge < -0.3 is 15.4 Å². The average Bonchev–Trinajstić information content (AvgIpc) is 2.32. The topological polar surface area (TPSA) is 95.1 Å². The van der Waals surface area contributed by atoms with Crippen LogP contribution >= 0.6 is 0 Å². The van der Waals surface area contributed by atoms with Crippen LogP contribution in [0.1, 0.15) is 30.8 Å². The summed E-state index contributed by atoms with van der Waals surface area (Å²) in [7, 11) is 0. The van der Waals surface area contributed by atoms with E-state index in [0.717, 1.165) is 5.56 Å². The fourth-order valence-corrected chi connectivity index (χ4v) is 1.78. The van der Waals surface area contributed by atoms with Crippen molar-refractivity contribution in [3.05, 3.63) is 27.4 Å². The molecule has 0 saturated carbocycles. The second-order valence-corrected chi connectivity index (χ2v) is 4.92. The molecular weight excluding hydrogens is 246 g/mol. The second kappa shape index (κ2) is 6.47. The first-order chi connectivity index (χ1) is 8.85. The highest BCUT2D eigenvalue weighted by Gasteiger charge is 2.16. The zero-order valence-electron chi connectivity index (χ0n) is 11.8. The summed E-state index contributed by atoms with van der Waals surface area (Å²) in [6.07, 6.45) is 0.171. The number of carbonyl (C=O) groups excluding carboxylic acids is 1. The van der Waals surface area contributed by atoms with Gasteiger partial charge in [-0.25, -0.2) is 4.79 Å². The number of aromatic nitrogens is 2. The molecule has 1 aromatic rings. The molecule has 0 fully saturated rings. The van der Waals surface area contributed by atoms with Crippen molar-refractivity contribution in [2.45, 2.75) is 40.2 Å². The standard InChI is InChI=1S/C13H21N3O3/c1-7(6-17)8(2)14-12(18)5-11-9(3)15-13(19)16-10(11)4/h7-8,17H,5-6H2,1-4H3,(H,14,18)(H,15,16,19). The Hall–Kier alpha value is -1.69. The van der Waals surface area contributed by atoms with Crippen LogP contribution in [0, 0.1) is 19.8 Å². The molecule has 6 nitrogen and oxygen atoms in total. The van der Waals surface area contributed by atoms with Crippen molar-refractivity contribution in [1.29, 1.82) is 0 Å².